The van der Waals surface area contributed by atoms with Gasteiger partial charge >= 0.3 is 0 Å². The molecule has 1 aromatic heterocycles. The summed E-state index contributed by atoms with van der Waals surface area (Å²) in [5.41, 5.74) is 2.27. The van der Waals surface area contributed by atoms with Gasteiger partial charge in [0.05, 0.1) is 19.3 Å². The number of aryl methyl sites for hydroxylation is 1. The molecule has 1 N–H and O–H groups in total. The molecular formula is C17H23N3O3. The minimum Gasteiger partial charge on any atom is -0.493 e. The summed E-state index contributed by atoms with van der Waals surface area (Å²) in [6.45, 7) is 7.33. The molecule has 124 valence electrons. The molecule has 0 fully saturated rings. The van der Waals surface area contributed by atoms with Crippen LogP contribution in [0.25, 0.3) is 0 Å². The second-order valence-corrected chi connectivity index (χ2v) is 5.94. The van der Waals surface area contributed by atoms with Gasteiger partial charge in [0.25, 0.3) is 0 Å². The average molecular weight is 317 g/mol. The number of nitrogens with one attached hydrogen (secondary N) is 1. The third kappa shape index (κ3) is 3.27. The highest BCUT2D eigenvalue weighted by atomic mass is 16.7. The number of hydrogen-bond acceptors (Lipinski definition) is 5. The summed E-state index contributed by atoms with van der Waals surface area (Å²) in [4.78, 5) is 0. The zero-order valence-corrected chi connectivity index (χ0v) is 14.0. The fourth-order valence-electron chi connectivity index (χ4n) is 2.62. The molecule has 0 unspecified atom stereocenters. The van der Waals surface area contributed by atoms with E-state index in [1.54, 1.807) is 7.11 Å². The second-order valence-electron chi connectivity index (χ2n) is 5.94. The van der Waals surface area contributed by atoms with E-state index < -0.39 is 0 Å². The van der Waals surface area contributed by atoms with Crippen LogP contribution in [0.3, 0.4) is 0 Å². The maximum absolute atomic E-state index is 5.46. The van der Waals surface area contributed by atoms with E-state index in [1.165, 1.54) is 5.56 Å². The first-order valence-electron chi connectivity index (χ1n) is 7.79. The molecule has 1 aliphatic rings. The zero-order chi connectivity index (χ0) is 16.4. The molecule has 0 saturated carbocycles. The molecule has 2 heterocycles. The van der Waals surface area contributed by atoms with Gasteiger partial charge in [-0.2, -0.15) is 5.10 Å². The maximum Gasteiger partial charge on any atom is 0.231 e. The monoisotopic (exact) mass is 317 g/mol. The van der Waals surface area contributed by atoms with E-state index in [0.717, 1.165) is 17.9 Å². The summed E-state index contributed by atoms with van der Waals surface area (Å²) >= 11 is 0. The van der Waals surface area contributed by atoms with Crippen LogP contribution < -0.4 is 19.5 Å². The van der Waals surface area contributed by atoms with E-state index in [-0.39, 0.29) is 18.9 Å². The normalized spacial score (nSPS) is 15.5. The maximum atomic E-state index is 5.46. The van der Waals surface area contributed by atoms with Crippen molar-refractivity contribution in [3.05, 3.63) is 35.7 Å². The van der Waals surface area contributed by atoms with Crippen LogP contribution in [0.15, 0.2) is 24.5 Å². The number of ether oxygens (including phenoxy) is 3. The first kappa shape index (κ1) is 15.7. The summed E-state index contributed by atoms with van der Waals surface area (Å²) in [7, 11) is 1.64. The smallest absolute Gasteiger partial charge is 0.231 e. The number of benzene rings is 1. The highest BCUT2D eigenvalue weighted by molar-refractivity contribution is 5.55. The lowest BCUT2D eigenvalue weighted by atomic mass is 10.1. The standard InChI is InChI=1S/C17H23N3O3/c1-11-7-19-20(9-11)13(3)12(2)18-8-14-5-15(21-4)17-16(6-14)22-10-23-17/h5-7,9,12-13,18H,8,10H2,1-4H3/t12-,13-/m1/s1. The van der Waals surface area contributed by atoms with Gasteiger partial charge in [-0.15, -0.1) is 0 Å². The average Bonchev–Trinajstić information content (AvgIpc) is 3.19. The quantitative estimate of drug-likeness (QED) is 0.887. The van der Waals surface area contributed by atoms with Crippen molar-refractivity contribution in [2.24, 2.45) is 0 Å². The van der Waals surface area contributed by atoms with Gasteiger partial charge in [-0.05, 0) is 44.0 Å². The Kier molecular flexibility index (Phi) is 4.43. The SMILES string of the molecule is COc1cc(CN[C@H](C)[C@@H](C)n2cc(C)cn2)cc2c1OCO2. The number of methoxy groups -OCH3 is 1. The Labute approximate surface area is 136 Å². The van der Waals surface area contributed by atoms with Gasteiger partial charge in [0, 0.05) is 18.8 Å². The first-order valence-corrected chi connectivity index (χ1v) is 7.79. The summed E-state index contributed by atoms with van der Waals surface area (Å²) in [5, 5.41) is 7.92. The Bertz CT molecular complexity index is 684. The molecule has 23 heavy (non-hydrogen) atoms. The number of hydrogen-bond donors (Lipinski definition) is 1. The zero-order valence-electron chi connectivity index (χ0n) is 14.0. The van der Waals surface area contributed by atoms with Crippen molar-refractivity contribution in [3.8, 4) is 17.2 Å². The lowest BCUT2D eigenvalue weighted by molar-refractivity contribution is 0.171. The molecule has 0 spiro atoms. The van der Waals surface area contributed by atoms with Gasteiger partial charge in [-0.3, -0.25) is 4.68 Å². The van der Waals surface area contributed by atoms with Gasteiger partial charge in [0.2, 0.25) is 12.5 Å². The molecular weight excluding hydrogens is 294 g/mol. The predicted octanol–water partition coefficient (Wildman–Crippen LogP) is 2.67. The van der Waals surface area contributed by atoms with Gasteiger partial charge in [0.15, 0.2) is 11.5 Å². The van der Waals surface area contributed by atoms with Crippen LogP contribution in [-0.4, -0.2) is 29.7 Å². The van der Waals surface area contributed by atoms with Crippen LogP contribution >= 0.6 is 0 Å². The van der Waals surface area contributed by atoms with E-state index in [4.69, 9.17) is 14.2 Å². The Hall–Kier alpha value is -2.21. The minimum atomic E-state index is 0.245. The van der Waals surface area contributed by atoms with Crippen molar-refractivity contribution in [2.45, 2.75) is 39.4 Å². The highest BCUT2D eigenvalue weighted by Gasteiger charge is 2.21. The van der Waals surface area contributed by atoms with E-state index in [9.17, 15) is 0 Å². The van der Waals surface area contributed by atoms with Crippen molar-refractivity contribution in [1.29, 1.82) is 0 Å². The molecule has 1 aliphatic heterocycles. The topological polar surface area (TPSA) is 57.5 Å². The molecule has 0 saturated heterocycles. The first-order chi connectivity index (χ1) is 11.1. The molecule has 3 rings (SSSR count). The van der Waals surface area contributed by atoms with Gasteiger partial charge in [-0.1, -0.05) is 0 Å². The Morgan fingerprint density at radius 1 is 1.35 bits per heavy atom. The fraction of sp³-hybridized carbons (Fsp3) is 0.471. The number of nitrogens with zero attached hydrogens (tertiary/aromatic N) is 2. The summed E-state index contributed by atoms with van der Waals surface area (Å²) in [6, 6.07) is 4.51. The van der Waals surface area contributed by atoms with Gasteiger partial charge < -0.3 is 19.5 Å². The third-order valence-electron chi connectivity index (χ3n) is 4.22. The van der Waals surface area contributed by atoms with Crippen LogP contribution in [0.2, 0.25) is 0 Å². The van der Waals surface area contributed by atoms with Crippen LogP contribution in [0, 0.1) is 6.92 Å². The van der Waals surface area contributed by atoms with E-state index in [2.05, 4.69) is 30.5 Å². The molecule has 6 heteroatoms. The molecule has 0 amide bonds. The van der Waals surface area contributed by atoms with E-state index in [1.807, 2.05) is 29.9 Å². The van der Waals surface area contributed by atoms with Crippen molar-refractivity contribution in [1.82, 2.24) is 15.1 Å². The number of aromatic nitrogens is 2. The molecule has 0 aliphatic carbocycles. The highest BCUT2D eigenvalue weighted by Crippen LogP contribution is 2.41. The lowest BCUT2D eigenvalue weighted by Gasteiger charge is -2.22. The third-order valence-corrected chi connectivity index (χ3v) is 4.22. The van der Waals surface area contributed by atoms with Gasteiger partial charge in [-0.25, -0.2) is 0 Å². The molecule has 0 bridgehead atoms. The van der Waals surface area contributed by atoms with Crippen LogP contribution in [-0.2, 0) is 6.54 Å². The Morgan fingerprint density at radius 2 is 2.17 bits per heavy atom. The van der Waals surface area contributed by atoms with Crippen LogP contribution in [0.5, 0.6) is 17.2 Å². The number of rotatable bonds is 6. The van der Waals surface area contributed by atoms with Crippen molar-refractivity contribution in [3.63, 3.8) is 0 Å². The largest absolute Gasteiger partial charge is 0.493 e. The van der Waals surface area contributed by atoms with Crippen LogP contribution in [0.4, 0.5) is 0 Å². The lowest BCUT2D eigenvalue weighted by Crippen LogP contribution is -2.33. The predicted molar refractivity (Wildman–Crippen MR) is 87.1 cm³/mol. The van der Waals surface area contributed by atoms with Crippen molar-refractivity contribution >= 4 is 0 Å². The Balaban J connectivity index is 1.66. The van der Waals surface area contributed by atoms with Crippen LogP contribution in [0.1, 0.15) is 31.0 Å². The molecule has 0 radical (unpaired) electrons. The van der Waals surface area contributed by atoms with Gasteiger partial charge in [0.1, 0.15) is 0 Å². The van der Waals surface area contributed by atoms with E-state index in [0.29, 0.717) is 11.5 Å². The fourth-order valence-corrected chi connectivity index (χ4v) is 2.62. The number of fused-ring (bicyclic) bond motifs is 1. The van der Waals surface area contributed by atoms with Crippen molar-refractivity contribution < 1.29 is 14.2 Å². The molecule has 2 atom stereocenters. The molecule has 2 aromatic rings. The minimum absolute atomic E-state index is 0.245. The van der Waals surface area contributed by atoms with E-state index >= 15 is 0 Å². The summed E-state index contributed by atoms with van der Waals surface area (Å²) in [5.74, 6) is 2.13. The van der Waals surface area contributed by atoms with Crippen molar-refractivity contribution in [2.75, 3.05) is 13.9 Å². The summed E-state index contributed by atoms with van der Waals surface area (Å²) in [6.07, 6.45) is 3.94. The molecule has 6 nitrogen and oxygen atoms in total. The Morgan fingerprint density at radius 3 is 2.87 bits per heavy atom. The molecule has 1 aromatic carbocycles. The second kappa shape index (κ2) is 6.50. The summed E-state index contributed by atoms with van der Waals surface area (Å²) < 4.78 is 18.3.